The van der Waals surface area contributed by atoms with Crippen LogP contribution in [0.1, 0.15) is 25.0 Å². The van der Waals surface area contributed by atoms with Gasteiger partial charge in [0.15, 0.2) is 0 Å². The summed E-state index contributed by atoms with van der Waals surface area (Å²) in [5.74, 6) is 0. The summed E-state index contributed by atoms with van der Waals surface area (Å²) in [7, 11) is -18.2. The number of rotatable bonds is 10. The van der Waals surface area contributed by atoms with Crippen LogP contribution in [0.15, 0.2) is 15.8 Å². The maximum atomic E-state index is 12.1. The molecule has 0 spiro atoms. The van der Waals surface area contributed by atoms with E-state index in [2.05, 4.69) is 13.1 Å². The Morgan fingerprint density at radius 2 is 1.56 bits per heavy atom. The van der Waals surface area contributed by atoms with Crippen molar-refractivity contribution < 1.29 is 137 Å². The molecule has 0 aliphatic carbocycles. The summed E-state index contributed by atoms with van der Waals surface area (Å²) in [5.41, 5.74) is -1.95. The van der Waals surface area contributed by atoms with E-state index in [-0.39, 0.29) is 87.6 Å². The predicted molar refractivity (Wildman–Crippen MR) is 92.2 cm³/mol. The molecule has 17 nitrogen and oxygen atoms in total. The number of ether oxygens (including phenoxy) is 1. The third-order valence-corrected chi connectivity index (χ3v) is 7.63. The number of H-pyrrole nitrogens is 1. The van der Waals surface area contributed by atoms with E-state index in [1.54, 1.807) is 6.92 Å². The van der Waals surface area contributed by atoms with Gasteiger partial charge in [0.2, 0.25) is 0 Å². The standard InChI is InChI=1S/C12H21N2O15P3.4Li/c1-2-3-14-4-6(11(17)13-12(14)18)10-9(16)8(15)7(27-10)5-26-31(22,23)29-32(24,25)28-30(19,20)21;;;;/h4,7-10,15-16H,2-3,5H2,1H3,(H,22,23)(H,24,25)(H,13,17,18)(H2,19,20,21);;;;/q;4*+1/p-4. The fraction of sp³-hybridized carbons (Fsp3) is 0.667. The normalized spacial score (nSPS) is 24.6. The average Bonchev–Trinajstić information content (AvgIpc) is 2.87. The van der Waals surface area contributed by atoms with Gasteiger partial charge in [0.1, 0.15) is 24.4 Å². The van der Waals surface area contributed by atoms with E-state index in [1.165, 1.54) is 0 Å². The fourth-order valence-corrected chi connectivity index (χ4v) is 5.59. The topological polar surface area (TPSA) is 276 Å². The van der Waals surface area contributed by atoms with Crippen LogP contribution in [0.25, 0.3) is 0 Å². The van der Waals surface area contributed by atoms with Gasteiger partial charge in [-0.3, -0.25) is 23.2 Å². The largest absolute Gasteiger partial charge is 1.00 e. The number of nitrogens with one attached hydrogen (secondary N) is 1. The Balaban J connectivity index is -0.00000272. The van der Waals surface area contributed by atoms with E-state index in [0.29, 0.717) is 6.42 Å². The van der Waals surface area contributed by atoms with E-state index in [0.717, 1.165) is 10.8 Å². The molecule has 36 heavy (non-hydrogen) atoms. The molecular weight excluding hydrogens is 533 g/mol. The zero-order valence-corrected chi connectivity index (χ0v) is 22.7. The van der Waals surface area contributed by atoms with Crippen LogP contribution in [0.4, 0.5) is 0 Å². The Bertz CT molecular complexity index is 1100. The third-order valence-electron chi connectivity index (χ3n) is 3.97. The number of phosphoric ester groups is 1. The van der Waals surface area contributed by atoms with Crippen molar-refractivity contribution in [3.63, 3.8) is 0 Å². The monoisotopic (exact) mass is 550 g/mol. The maximum absolute atomic E-state index is 12.1. The minimum Gasteiger partial charge on any atom is -0.790 e. The quantitative estimate of drug-likeness (QED) is 0.180. The number of phosphoric acid groups is 3. The summed E-state index contributed by atoms with van der Waals surface area (Å²) in [6.45, 7) is 0.792. The maximum Gasteiger partial charge on any atom is 1.00 e. The van der Waals surface area contributed by atoms with E-state index in [1.807, 2.05) is 4.98 Å². The first-order valence-corrected chi connectivity index (χ1v) is 13.0. The summed E-state index contributed by atoms with van der Waals surface area (Å²) in [6, 6.07) is 0. The van der Waals surface area contributed by atoms with Crippen molar-refractivity contribution in [1.82, 2.24) is 9.55 Å². The molecule has 0 bridgehead atoms. The first kappa shape index (κ1) is 41.8. The molecule has 1 aliphatic heterocycles. The molecule has 6 unspecified atom stereocenters. The van der Waals surface area contributed by atoms with Gasteiger partial charge in [-0.25, -0.2) is 9.11 Å². The SMILES string of the molecule is CCCn1cc(C2OC(COP(=O)([O-])OP(=O)([O-])OP(=O)([O-])[O-])C(O)C2O)c(=O)[nH]c1=O.[Li+].[Li+].[Li+].[Li+]. The molecule has 0 amide bonds. The number of nitrogens with zero attached hydrogens (tertiary/aromatic N) is 1. The number of aromatic nitrogens is 2. The van der Waals surface area contributed by atoms with E-state index < -0.39 is 65.7 Å². The van der Waals surface area contributed by atoms with Gasteiger partial charge in [-0.05, 0) is 6.42 Å². The second-order valence-corrected chi connectivity index (χ2v) is 10.7. The molecule has 184 valence electrons. The summed E-state index contributed by atoms with van der Waals surface area (Å²) in [5, 5.41) is 20.2. The van der Waals surface area contributed by atoms with Crippen LogP contribution in [-0.2, 0) is 38.1 Å². The summed E-state index contributed by atoms with van der Waals surface area (Å²) < 4.78 is 49.9. The smallest absolute Gasteiger partial charge is 0.790 e. The van der Waals surface area contributed by atoms with Crippen LogP contribution in [0.2, 0.25) is 0 Å². The Kier molecular flexibility index (Phi) is 19.3. The minimum absolute atomic E-state index is 0. The molecule has 2 heterocycles. The summed E-state index contributed by atoms with van der Waals surface area (Å²) >= 11 is 0. The third kappa shape index (κ3) is 12.3. The average molecular weight is 550 g/mol. The van der Waals surface area contributed by atoms with Crippen LogP contribution >= 0.6 is 23.5 Å². The second kappa shape index (κ2) is 16.6. The van der Waals surface area contributed by atoms with Gasteiger partial charge < -0.3 is 48.2 Å². The fourth-order valence-electron chi connectivity index (χ4n) is 2.73. The van der Waals surface area contributed by atoms with Gasteiger partial charge in [-0.1, -0.05) is 6.92 Å². The Morgan fingerprint density at radius 3 is 2.06 bits per heavy atom. The van der Waals surface area contributed by atoms with Gasteiger partial charge in [-0.2, -0.15) is 0 Å². The van der Waals surface area contributed by atoms with Crippen molar-refractivity contribution in [1.29, 1.82) is 0 Å². The van der Waals surface area contributed by atoms with Gasteiger partial charge in [0.05, 0.1) is 20.0 Å². The molecule has 3 N–H and O–H groups in total. The van der Waals surface area contributed by atoms with Crippen molar-refractivity contribution >= 4 is 23.5 Å². The zero-order chi connectivity index (χ0) is 24.5. The molecule has 24 heteroatoms. The van der Waals surface area contributed by atoms with Crippen molar-refractivity contribution in [2.45, 2.75) is 44.3 Å². The first-order valence-electron chi connectivity index (χ1n) is 8.62. The number of hydrogen-bond acceptors (Lipinski definition) is 15. The van der Waals surface area contributed by atoms with Crippen molar-refractivity contribution in [3.05, 3.63) is 32.6 Å². The van der Waals surface area contributed by atoms with Crippen molar-refractivity contribution in [3.8, 4) is 0 Å². The van der Waals surface area contributed by atoms with Crippen LogP contribution in [-0.4, -0.2) is 44.7 Å². The molecule has 1 aromatic rings. The predicted octanol–water partition coefficient (Wildman–Crippen LogP) is -16.1. The van der Waals surface area contributed by atoms with Crippen LogP contribution in [0.3, 0.4) is 0 Å². The van der Waals surface area contributed by atoms with Gasteiger partial charge in [0, 0.05) is 12.7 Å². The Labute approximate surface area is 251 Å². The molecular formula is C12H17Li4N2O15P3. The summed E-state index contributed by atoms with van der Waals surface area (Å²) in [4.78, 5) is 69.2. The number of aromatic amines is 1. The van der Waals surface area contributed by atoms with Crippen molar-refractivity contribution in [2.24, 2.45) is 0 Å². The van der Waals surface area contributed by atoms with Crippen LogP contribution in [0, 0.1) is 0 Å². The van der Waals surface area contributed by atoms with E-state index >= 15 is 0 Å². The molecule has 1 aliphatic rings. The van der Waals surface area contributed by atoms with Crippen LogP contribution < -0.4 is 106 Å². The summed E-state index contributed by atoms with van der Waals surface area (Å²) in [6.07, 6.45) is -5.21. The molecule has 1 fully saturated rings. The minimum atomic E-state index is -6.18. The van der Waals surface area contributed by atoms with E-state index in [9.17, 15) is 53.1 Å². The number of aliphatic hydroxyl groups is 2. The Morgan fingerprint density at radius 1 is 1.00 bits per heavy atom. The first-order chi connectivity index (χ1) is 14.6. The number of aliphatic hydroxyl groups excluding tert-OH is 2. The van der Waals surface area contributed by atoms with Crippen LogP contribution in [0.5, 0.6) is 0 Å². The van der Waals surface area contributed by atoms with Gasteiger partial charge >= 0.3 is 81.1 Å². The number of aryl methyl sites for hydroxylation is 1. The molecule has 6 atom stereocenters. The second-order valence-electron chi connectivity index (χ2n) is 6.41. The zero-order valence-electron chi connectivity index (χ0n) is 20.0. The van der Waals surface area contributed by atoms with E-state index in [4.69, 9.17) is 4.74 Å². The van der Waals surface area contributed by atoms with Gasteiger partial charge in [0.25, 0.3) is 21.2 Å². The molecule has 0 aromatic carbocycles. The Hall–Kier alpha value is 1.36. The molecule has 1 saturated heterocycles. The molecule has 1 aromatic heterocycles. The molecule has 0 radical (unpaired) electrons. The van der Waals surface area contributed by atoms with Crippen molar-refractivity contribution in [2.75, 3.05) is 6.61 Å². The molecule has 2 rings (SSSR count). The molecule has 0 saturated carbocycles. The van der Waals surface area contributed by atoms with Gasteiger partial charge in [-0.15, -0.1) is 0 Å². The number of hydrogen-bond donors (Lipinski definition) is 3.